The first kappa shape index (κ1) is 15.8. The fourth-order valence-corrected chi connectivity index (χ4v) is 2.24. The van der Waals surface area contributed by atoms with Crippen LogP contribution in [0.3, 0.4) is 0 Å². The second-order valence-electron chi connectivity index (χ2n) is 5.08. The van der Waals surface area contributed by atoms with Crippen LogP contribution >= 0.6 is 15.9 Å². The molecule has 5 heteroatoms. The van der Waals surface area contributed by atoms with Gasteiger partial charge in [0, 0.05) is 11.0 Å². The third-order valence-electron chi connectivity index (χ3n) is 3.00. The van der Waals surface area contributed by atoms with Crippen molar-refractivity contribution in [3.05, 3.63) is 40.6 Å². The normalized spacial score (nSPS) is 10.7. The summed E-state index contributed by atoms with van der Waals surface area (Å²) in [5.74, 6) is 2.51. The van der Waals surface area contributed by atoms with Crippen molar-refractivity contribution in [2.45, 2.75) is 33.1 Å². The van der Waals surface area contributed by atoms with Gasteiger partial charge in [-0.2, -0.15) is 0 Å². The maximum Gasteiger partial charge on any atom is 0.227 e. The summed E-state index contributed by atoms with van der Waals surface area (Å²) >= 11 is 3.42. The highest BCUT2D eigenvalue weighted by Crippen LogP contribution is 2.33. The van der Waals surface area contributed by atoms with Crippen LogP contribution in [0.25, 0.3) is 0 Å². The molecule has 1 heterocycles. The van der Waals surface area contributed by atoms with Crippen molar-refractivity contribution in [3.8, 4) is 11.6 Å². The standard InChI is InChI=1S/C16H20BrN3O/c1-4-9-18-15-14(11(2)3)16(20-10-19-15)21-13-7-5-12(17)6-8-13/h5-8,10-11H,4,9H2,1-3H3,(H,18,19,20). The first-order valence-electron chi connectivity index (χ1n) is 7.14. The molecule has 2 aromatic rings. The lowest BCUT2D eigenvalue weighted by Gasteiger charge is -2.16. The summed E-state index contributed by atoms with van der Waals surface area (Å²) < 4.78 is 6.95. The van der Waals surface area contributed by atoms with Crippen molar-refractivity contribution >= 4 is 21.7 Å². The maximum absolute atomic E-state index is 5.93. The van der Waals surface area contributed by atoms with Crippen LogP contribution in [0.4, 0.5) is 5.82 Å². The zero-order chi connectivity index (χ0) is 15.2. The van der Waals surface area contributed by atoms with Gasteiger partial charge < -0.3 is 10.1 Å². The predicted molar refractivity (Wildman–Crippen MR) is 89.1 cm³/mol. The molecule has 4 nitrogen and oxygen atoms in total. The zero-order valence-electron chi connectivity index (χ0n) is 12.6. The number of ether oxygens (including phenoxy) is 1. The van der Waals surface area contributed by atoms with Crippen molar-refractivity contribution < 1.29 is 4.74 Å². The van der Waals surface area contributed by atoms with Crippen LogP contribution in [-0.2, 0) is 0 Å². The molecule has 2 rings (SSSR count). The highest BCUT2D eigenvalue weighted by atomic mass is 79.9. The van der Waals surface area contributed by atoms with E-state index >= 15 is 0 Å². The summed E-state index contributed by atoms with van der Waals surface area (Å²) in [6.07, 6.45) is 2.59. The molecule has 0 atom stereocenters. The van der Waals surface area contributed by atoms with Crippen LogP contribution in [0.1, 0.15) is 38.7 Å². The van der Waals surface area contributed by atoms with Crippen LogP contribution in [0.15, 0.2) is 35.1 Å². The molecule has 1 N–H and O–H groups in total. The Hall–Kier alpha value is -1.62. The van der Waals surface area contributed by atoms with E-state index in [4.69, 9.17) is 4.74 Å². The van der Waals surface area contributed by atoms with Gasteiger partial charge in [-0.15, -0.1) is 0 Å². The molecule has 0 amide bonds. The first-order chi connectivity index (χ1) is 10.1. The molecule has 0 aliphatic rings. The van der Waals surface area contributed by atoms with E-state index < -0.39 is 0 Å². The van der Waals surface area contributed by atoms with Gasteiger partial charge in [0.05, 0.1) is 5.56 Å². The second-order valence-corrected chi connectivity index (χ2v) is 5.99. The van der Waals surface area contributed by atoms with Crippen molar-refractivity contribution in [3.63, 3.8) is 0 Å². The van der Waals surface area contributed by atoms with E-state index in [0.29, 0.717) is 5.88 Å². The SMILES string of the molecule is CCCNc1ncnc(Oc2ccc(Br)cc2)c1C(C)C. The van der Waals surface area contributed by atoms with Crippen LogP contribution in [-0.4, -0.2) is 16.5 Å². The smallest absolute Gasteiger partial charge is 0.227 e. The minimum atomic E-state index is 0.274. The van der Waals surface area contributed by atoms with E-state index in [0.717, 1.165) is 34.6 Å². The maximum atomic E-state index is 5.93. The molecule has 21 heavy (non-hydrogen) atoms. The summed E-state index contributed by atoms with van der Waals surface area (Å²) in [5, 5.41) is 3.34. The monoisotopic (exact) mass is 349 g/mol. The van der Waals surface area contributed by atoms with Crippen LogP contribution in [0.2, 0.25) is 0 Å². The van der Waals surface area contributed by atoms with Gasteiger partial charge in [-0.1, -0.05) is 36.7 Å². The molecule has 112 valence electrons. The number of benzene rings is 1. The second kappa shape index (κ2) is 7.41. The first-order valence-corrected chi connectivity index (χ1v) is 7.93. The van der Waals surface area contributed by atoms with Gasteiger partial charge in [-0.25, -0.2) is 9.97 Å². The van der Waals surface area contributed by atoms with Crippen LogP contribution < -0.4 is 10.1 Å². The number of aromatic nitrogens is 2. The van der Waals surface area contributed by atoms with Gasteiger partial charge in [-0.05, 0) is 36.6 Å². The topological polar surface area (TPSA) is 47.0 Å². The summed E-state index contributed by atoms with van der Waals surface area (Å²) in [6, 6.07) is 7.72. The van der Waals surface area contributed by atoms with E-state index in [9.17, 15) is 0 Å². The molecule has 0 unspecified atom stereocenters. The lowest BCUT2D eigenvalue weighted by molar-refractivity contribution is 0.451. The number of rotatable bonds is 6. The van der Waals surface area contributed by atoms with Crippen LogP contribution in [0, 0.1) is 0 Å². The molecule has 0 fully saturated rings. The zero-order valence-corrected chi connectivity index (χ0v) is 14.1. The Labute approximate surface area is 134 Å². The molecule has 0 bridgehead atoms. The number of nitrogens with zero attached hydrogens (tertiary/aromatic N) is 2. The highest BCUT2D eigenvalue weighted by Gasteiger charge is 2.16. The van der Waals surface area contributed by atoms with Gasteiger partial charge >= 0.3 is 0 Å². The minimum absolute atomic E-state index is 0.274. The van der Waals surface area contributed by atoms with Gasteiger partial charge in [0.2, 0.25) is 5.88 Å². The summed E-state index contributed by atoms with van der Waals surface area (Å²) in [6.45, 7) is 7.24. The van der Waals surface area contributed by atoms with E-state index in [1.165, 1.54) is 6.33 Å². The molecule has 0 saturated carbocycles. The van der Waals surface area contributed by atoms with E-state index in [-0.39, 0.29) is 5.92 Å². The van der Waals surface area contributed by atoms with Crippen LogP contribution in [0.5, 0.6) is 11.6 Å². The predicted octanol–water partition coefficient (Wildman–Crippen LogP) is 4.98. The molecule has 0 radical (unpaired) electrons. The molecule has 0 saturated heterocycles. The Balaban J connectivity index is 2.31. The largest absolute Gasteiger partial charge is 0.439 e. The molecule has 1 aromatic heterocycles. The molecule has 1 aromatic carbocycles. The van der Waals surface area contributed by atoms with Crippen molar-refractivity contribution in [2.24, 2.45) is 0 Å². The van der Waals surface area contributed by atoms with Gasteiger partial charge in [0.1, 0.15) is 17.9 Å². The fraction of sp³-hybridized carbons (Fsp3) is 0.375. The molecular weight excluding hydrogens is 330 g/mol. The Bertz CT molecular complexity index is 585. The third-order valence-corrected chi connectivity index (χ3v) is 3.52. The Morgan fingerprint density at radius 1 is 1.19 bits per heavy atom. The summed E-state index contributed by atoms with van der Waals surface area (Å²) in [5.41, 5.74) is 1.01. The van der Waals surface area contributed by atoms with Gasteiger partial charge in [0.15, 0.2) is 0 Å². The van der Waals surface area contributed by atoms with E-state index in [1.54, 1.807) is 0 Å². The third kappa shape index (κ3) is 4.17. The van der Waals surface area contributed by atoms with E-state index in [1.807, 2.05) is 24.3 Å². The quantitative estimate of drug-likeness (QED) is 0.798. The van der Waals surface area contributed by atoms with Crippen molar-refractivity contribution in [1.29, 1.82) is 0 Å². The Morgan fingerprint density at radius 3 is 2.52 bits per heavy atom. The Kier molecular flexibility index (Phi) is 5.56. The average Bonchev–Trinajstić information content (AvgIpc) is 2.47. The van der Waals surface area contributed by atoms with Crippen molar-refractivity contribution in [1.82, 2.24) is 9.97 Å². The lowest BCUT2D eigenvalue weighted by atomic mass is 10.1. The van der Waals surface area contributed by atoms with Gasteiger partial charge in [0.25, 0.3) is 0 Å². The molecule has 0 aliphatic carbocycles. The summed E-state index contributed by atoms with van der Waals surface area (Å²) in [7, 11) is 0. The minimum Gasteiger partial charge on any atom is -0.439 e. The molecule has 0 aliphatic heterocycles. The number of hydrogen-bond donors (Lipinski definition) is 1. The number of halogens is 1. The number of nitrogens with one attached hydrogen (secondary N) is 1. The van der Waals surface area contributed by atoms with E-state index in [2.05, 4.69) is 52.0 Å². The fourth-order valence-electron chi connectivity index (χ4n) is 1.98. The summed E-state index contributed by atoms with van der Waals surface area (Å²) in [4.78, 5) is 8.65. The number of anilines is 1. The Morgan fingerprint density at radius 2 is 1.90 bits per heavy atom. The number of hydrogen-bond acceptors (Lipinski definition) is 4. The molecular formula is C16H20BrN3O. The molecule has 0 spiro atoms. The highest BCUT2D eigenvalue weighted by molar-refractivity contribution is 9.10. The average molecular weight is 350 g/mol. The van der Waals surface area contributed by atoms with Crippen molar-refractivity contribution in [2.75, 3.05) is 11.9 Å². The lowest BCUT2D eigenvalue weighted by Crippen LogP contribution is -2.08. The van der Waals surface area contributed by atoms with Gasteiger partial charge in [-0.3, -0.25) is 0 Å².